The van der Waals surface area contributed by atoms with Gasteiger partial charge in [-0.2, -0.15) is 4.39 Å². The molecule has 0 spiro atoms. The van der Waals surface area contributed by atoms with Crippen LogP contribution in [0.5, 0.6) is 11.5 Å². The first-order valence-corrected chi connectivity index (χ1v) is 8.52. The van der Waals surface area contributed by atoms with Crippen molar-refractivity contribution in [2.24, 2.45) is 11.7 Å². The Bertz CT molecular complexity index is 792. The maximum atomic E-state index is 14.1. The van der Waals surface area contributed by atoms with Crippen LogP contribution in [0.1, 0.15) is 48.3 Å². The molecule has 1 atom stereocenters. The maximum Gasteiger partial charge on any atom is 0.251 e. The summed E-state index contributed by atoms with van der Waals surface area (Å²) >= 11 is 0. The molecule has 2 aromatic rings. The zero-order valence-electron chi connectivity index (χ0n) is 14.4. The van der Waals surface area contributed by atoms with Crippen molar-refractivity contribution in [1.82, 2.24) is 4.98 Å². The van der Waals surface area contributed by atoms with Gasteiger partial charge in [-0.25, -0.2) is 4.39 Å². The van der Waals surface area contributed by atoms with E-state index < -0.39 is 29.2 Å². The molecule has 0 saturated heterocycles. The number of ether oxygens (including phenoxy) is 2. The monoisotopic (exact) mass is 362 g/mol. The van der Waals surface area contributed by atoms with Crippen LogP contribution in [-0.2, 0) is 0 Å². The highest BCUT2D eigenvalue weighted by Crippen LogP contribution is 2.31. The molecule has 0 bridgehead atoms. The first-order valence-electron chi connectivity index (χ1n) is 8.52. The lowest BCUT2D eigenvalue weighted by Gasteiger charge is -2.18. The number of primary amides is 1. The molecule has 1 fully saturated rings. The maximum absolute atomic E-state index is 14.1. The summed E-state index contributed by atoms with van der Waals surface area (Å²) in [7, 11) is 0. The fourth-order valence-electron chi connectivity index (χ4n) is 2.49. The van der Waals surface area contributed by atoms with Crippen LogP contribution in [0.4, 0.5) is 8.78 Å². The lowest BCUT2D eigenvalue weighted by molar-refractivity contribution is 0.0995. The van der Waals surface area contributed by atoms with E-state index in [0.29, 0.717) is 30.4 Å². The molecule has 1 aliphatic carbocycles. The van der Waals surface area contributed by atoms with Gasteiger partial charge in [-0.1, -0.05) is 6.92 Å². The smallest absolute Gasteiger partial charge is 0.251 e. The van der Waals surface area contributed by atoms with E-state index in [1.54, 1.807) is 18.3 Å². The van der Waals surface area contributed by atoms with Gasteiger partial charge in [-0.05, 0) is 49.4 Å². The minimum absolute atomic E-state index is 0.296. The van der Waals surface area contributed by atoms with E-state index in [0.717, 1.165) is 6.07 Å². The fraction of sp³-hybridized carbons (Fsp3) is 0.368. The molecule has 0 unspecified atom stereocenters. The van der Waals surface area contributed by atoms with Crippen LogP contribution in [0, 0.1) is 17.6 Å². The van der Waals surface area contributed by atoms with Crippen LogP contribution in [0.3, 0.4) is 0 Å². The molecule has 1 heterocycles. The Balaban J connectivity index is 1.72. The Morgan fingerprint density at radius 3 is 2.62 bits per heavy atom. The van der Waals surface area contributed by atoms with E-state index in [1.165, 1.54) is 18.9 Å². The van der Waals surface area contributed by atoms with E-state index in [1.807, 2.05) is 6.92 Å². The van der Waals surface area contributed by atoms with Gasteiger partial charge in [0.2, 0.25) is 5.82 Å². The molecular weight excluding hydrogens is 342 g/mol. The van der Waals surface area contributed by atoms with Crippen molar-refractivity contribution in [2.75, 3.05) is 6.61 Å². The van der Waals surface area contributed by atoms with E-state index in [9.17, 15) is 13.6 Å². The summed E-state index contributed by atoms with van der Waals surface area (Å²) in [5.74, 6) is -2.59. The van der Waals surface area contributed by atoms with Crippen LogP contribution in [-0.4, -0.2) is 17.5 Å². The van der Waals surface area contributed by atoms with Gasteiger partial charge in [0.15, 0.2) is 11.6 Å². The third-order valence-corrected chi connectivity index (χ3v) is 4.22. The minimum atomic E-state index is -1.32. The van der Waals surface area contributed by atoms with Gasteiger partial charge < -0.3 is 15.2 Å². The number of carbonyl (C=O) groups excluding carboxylic acids is 1. The number of hydrogen-bond acceptors (Lipinski definition) is 4. The predicted molar refractivity (Wildman–Crippen MR) is 91.0 cm³/mol. The topological polar surface area (TPSA) is 74.4 Å². The summed E-state index contributed by atoms with van der Waals surface area (Å²) in [6.45, 7) is 2.53. The summed E-state index contributed by atoms with van der Waals surface area (Å²) in [4.78, 5) is 15.4. The molecule has 7 heteroatoms. The second kappa shape index (κ2) is 7.68. The van der Waals surface area contributed by atoms with Gasteiger partial charge >= 0.3 is 0 Å². The number of aromatic nitrogens is 1. The highest BCUT2D eigenvalue weighted by molar-refractivity contribution is 5.93. The van der Waals surface area contributed by atoms with Crippen molar-refractivity contribution in [3.63, 3.8) is 0 Å². The molecule has 0 radical (unpaired) electrons. The fourth-order valence-corrected chi connectivity index (χ4v) is 2.49. The Labute approximate surface area is 150 Å². The van der Waals surface area contributed by atoms with Gasteiger partial charge in [0, 0.05) is 0 Å². The van der Waals surface area contributed by atoms with Crippen LogP contribution in [0.2, 0.25) is 0 Å². The molecule has 138 valence electrons. The summed E-state index contributed by atoms with van der Waals surface area (Å²) < 4.78 is 39.2. The van der Waals surface area contributed by atoms with Crippen molar-refractivity contribution < 1.29 is 23.0 Å². The average molecular weight is 362 g/mol. The zero-order chi connectivity index (χ0) is 18.7. The molecule has 1 aromatic carbocycles. The molecule has 5 nitrogen and oxygen atoms in total. The van der Waals surface area contributed by atoms with E-state index >= 15 is 0 Å². The zero-order valence-corrected chi connectivity index (χ0v) is 14.4. The third-order valence-electron chi connectivity index (χ3n) is 4.22. The average Bonchev–Trinajstić information content (AvgIpc) is 3.46. The second-order valence-corrected chi connectivity index (χ2v) is 6.29. The molecular formula is C19H20F2N2O3. The van der Waals surface area contributed by atoms with Crippen molar-refractivity contribution in [3.05, 3.63) is 53.4 Å². The normalized spacial score (nSPS) is 14.7. The van der Waals surface area contributed by atoms with Crippen molar-refractivity contribution in [2.45, 2.75) is 32.3 Å². The number of halogens is 2. The van der Waals surface area contributed by atoms with E-state index in [2.05, 4.69) is 4.98 Å². The number of rotatable bonds is 8. The number of amides is 1. The van der Waals surface area contributed by atoms with Crippen LogP contribution in [0.15, 0.2) is 30.5 Å². The number of nitrogens with zero attached hydrogens (tertiary/aromatic N) is 1. The highest BCUT2D eigenvalue weighted by Gasteiger charge is 2.23. The molecule has 3 rings (SSSR count). The van der Waals surface area contributed by atoms with Gasteiger partial charge in [-0.15, -0.1) is 0 Å². The number of nitrogens with two attached hydrogens (primary N) is 1. The number of carbonyl (C=O) groups is 1. The Hall–Kier alpha value is -2.70. The largest absolute Gasteiger partial charge is 0.492 e. The molecule has 2 N–H and O–H groups in total. The Morgan fingerprint density at radius 2 is 2.04 bits per heavy atom. The van der Waals surface area contributed by atoms with E-state index in [4.69, 9.17) is 15.2 Å². The van der Waals surface area contributed by atoms with Crippen molar-refractivity contribution >= 4 is 5.91 Å². The first-order chi connectivity index (χ1) is 12.5. The van der Waals surface area contributed by atoms with Gasteiger partial charge in [0.05, 0.1) is 24.1 Å². The molecule has 1 aromatic heterocycles. The summed E-state index contributed by atoms with van der Waals surface area (Å²) in [6.07, 6.45) is 3.92. The van der Waals surface area contributed by atoms with Gasteiger partial charge in [0.25, 0.3) is 5.91 Å². The lowest BCUT2D eigenvalue weighted by Crippen LogP contribution is -2.15. The number of benzene rings is 1. The van der Waals surface area contributed by atoms with Crippen molar-refractivity contribution in [3.8, 4) is 11.5 Å². The van der Waals surface area contributed by atoms with E-state index in [-0.39, 0.29) is 5.75 Å². The summed E-state index contributed by atoms with van der Waals surface area (Å²) in [5, 5.41) is 0. The van der Waals surface area contributed by atoms with Gasteiger partial charge in [0.1, 0.15) is 11.9 Å². The quantitative estimate of drug-likeness (QED) is 0.776. The number of pyridine rings is 1. The predicted octanol–water partition coefficient (Wildman–Crippen LogP) is 3.78. The Morgan fingerprint density at radius 1 is 1.27 bits per heavy atom. The number of hydrogen-bond donors (Lipinski definition) is 1. The Kier molecular flexibility index (Phi) is 5.35. The third kappa shape index (κ3) is 4.09. The summed E-state index contributed by atoms with van der Waals surface area (Å²) in [5.41, 5.74) is 5.06. The van der Waals surface area contributed by atoms with Crippen LogP contribution in [0.25, 0.3) is 0 Å². The van der Waals surface area contributed by atoms with Crippen LogP contribution < -0.4 is 15.2 Å². The SMILES string of the molecule is CC[C@@H](Oc1ccc(C(N)=O)c(F)c1F)c1ccc(OCC2CC2)cn1. The molecule has 1 saturated carbocycles. The summed E-state index contributed by atoms with van der Waals surface area (Å²) in [6, 6.07) is 5.81. The van der Waals surface area contributed by atoms with Crippen molar-refractivity contribution in [1.29, 1.82) is 0 Å². The lowest BCUT2D eigenvalue weighted by atomic mass is 10.1. The molecule has 26 heavy (non-hydrogen) atoms. The molecule has 1 amide bonds. The second-order valence-electron chi connectivity index (χ2n) is 6.29. The first kappa shape index (κ1) is 18.1. The highest BCUT2D eigenvalue weighted by atomic mass is 19.2. The molecule has 0 aliphatic heterocycles. The standard InChI is InChI=1S/C19H20F2N2O3/c1-2-15(14-7-5-12(9-23-14)25-10-11-3-4-11)26-16-8-6-13(19(22)24)17(20)18(16)21/h5-9,11,15H,2-4,10H2,1H3,(H2,22,24)/t15-/m1/s1. The minimum Gasteiger partial charge on any atom is -0.492 e. The molecule has 1 aliphatic rings. The van der Waals surface area contributed by atoms with Crippen LogP contribution >= 0.6 is 0 Å². The van der Waals surface area contributed by atoms with Gasteiger partial charge in [-0.3, -0.25) is 9.78 Å².